The monoisotopic (exact) mass is 457 g/mol. The summed E-state index contributed by atoms with van der Waals surface area (Å²) < 4.78 is 0.864. The Balaban J connectivity index is 2.30. The number of carbonyl (C=O) groups excluding carboxylic acids is 3. The molecule has 0 fully saturated rings. The molecule has 2 aromatic carbocycles. The first-order chi connectivity index (χ1) is 13.8. The van der Waals surface area contributed by atoms with Crippen LogP contribution in [0.5, 0.6) is 0 Å². The van der Waals surface area contributed by atoms with Crippen molar-refractivity contribution in [1.29, 1.82) is 0 Å². The van der Waals surface area contributed by atoms with Crippen molar-refractivity contribution < 1.29 is 19.5 Å². The molecule has 0 saturated carbocycles. The van der Waals surface area contributed by atoms with Crippen molar-refractivity contribution in [2.45, 2.75) is 26.3 Å². The van der Waals surface area contributed by atoms with Gasteiger partial charge in [0.05, 0.1) is 12.0 Å². The van der Waals surface area contributed by atoms with Crippen molar-refractivity contribution in [3.05, 3.63) is 75.9 Å². The molecular formula is C22H22BrN2O4-. The molecule has 0 aliphatic heterocycles. The zero-order chi connectivity index (χ0) is 21.4. The van der Waals surface area contributed by atoms with E-state index in [2.05, 4.69) is 26.6 Å². The van der Waals surface area contributed by atoms with Gasteiger partial charge in [0.25, 0.3) is 11.8 Å². The van der Waals surface area contributed by atoms with E-state index in [9.17, 15) is 19.5 Å². The summed E-state index contributed by atoms with van der Waals surface area (Å²) in [5.74, 6) is -2.51. The third kappa shape index (κ3) is 7.19. The van der Waals surface area contributed by atoms with Crippen molar-refractivity contribution in [1.82, 2.24) is 10.6 Å². The molecule has 2 rings (SSSR count). The molecule has 0 heterocycles. The van der Waals surface area contributed by atoms with Crippen LogP contribution in [-0.2, 0) is 9.59 Å². The van der Waals surface area contributed by atoms with Gasteiger partial charge in [0.2, 0.25) is 0 Å². The fourth-order valence-electron chi connectivity index (χ4n) is 2.59. The average molecular weight is 458 g/mol. The molecule has 2 aromatic rings. The quantitative estimate of drug-likeness (QED) is 0.594. The van der Waals surface area contributed by atoms with Crippen molar-refractivity contribution in [2.24, 2.45) is 5.92 Å². The standard InChI is InChI=1S/C22H23BrN2O4/c1-14(2)12-19(22(28)29)25-21(27)18(13-15-8-10-17(23)11-9-15)24-20(26)16-6-4-3-5-7-16/h3-11,13-14,19H,12H2,1-2H3,(H,24,26)(H,25,27)(H,28,29)/p-1/b18-13-/t19-/m0/s1. The van der Waals surface area contributed by atoms with Crippen LogP contribution in [-0.4, -0.2) is 23.8 Å². The number of amides is 2. The third-order valence-corrected chi connectivity index (χ3v) is 4.54. The number of nitrogens with one attached hydrogen (secondary N) is 2. The number of aliphatic carboxylic acids is 1. The lowest BCUT2D eigenvalue weighted by Gasteiger charge is -2.22. The Kier molecular flexibility index (Phi) is 8.15. The number of carboxylic acid groups (broad SMARTS) is 1. The Morgan fingerprint density at radius 2 is 1.66 bits per heavy atom. The molecule has 2 N–H and O–H groups in total. The second-order valence-electron chi connectivity index (χ2n) is 6.90. The third-order valence-electron chi connectivity index (χ3n) is 4.01. The van der Waals surface area contributed by atoms with Gasteiger partial charge >= 0.3 is 0 Å². The summed E-state index contributed by atoms with van der Waals surface area (Å²) in [5, 5.41) is 16.4. The summed E-state index contributed by atoms with van der Waals surface area (Å²) in [4.78, 5) is 36.7. The van der Waals surface area contributed by atoms with Gasteiger partial charge in [-0.25, -0.2) is 0 Å². The first-order valence-corrected chi connectivity index (χ1v) is 9.91. The summed E-state index contributed by atoms with van der Waals surface area (Å²) in [6.45, 7) is 3.69. The number of carboxylic acids is 1. The van der Waals surface area contributed by atoms with E-state index in [1.807, 2.05) is 13.8 Å². The largest absolute Gasteiger partial charge is 0.548 e. The van der Waals surface area contributed by atoms with Crippen LogP contribution in [0.1, 0.15) is 36.2 Å². The predicted molar refractivity (Wildman–Crippen MR) is 112 cm³/mol. The molecule has 0 saturated heterocycles. The summed E-state index contributed by atoms with van der Waals surface area (Å²) in [7, 11) is 0. The highest BCUT2D eigenvalue weighted by Gasteiger charge is 2.20. The second-order valence-corrected chi connectivity index (χ2v) is 7.82. The zero-order valence-electron chi connectivity index (χ0n) is 16.1. The van der Waals surface area contributed by atoms with Crippen LogP contribution in [0.15, 0.2) is 64.8 Å². The zero-order valence-corrected chi connectivity index (χ0v) is 17.7. The predicted octanol–water partition coefficient (Wildman–Crippen LogP) is 2.50. The molecular weight excluding hydrogens is 436 g/mol. The molecule has 6 nitrogen and oxygen atoms in total. The molecule has 0 spiro atoms. The van der Waals surface area contributed by atoms with E-state index in [4.69, 9.17) is 0 Å². The van der Waals surface area contributed by atoms with Crippen molar-refractivity contribution in [2.75, 3.05) is 0 Å². The molecule has 7 heteroatoms. The lowest BCUT2D eigenvalue weighted by molar-refractivity contribution is -0.308. The smallest absolute Gasteiger partial charge is 0.268 e. The minimum atomic E-state index is -1.37. The van der Waals surface area contributed by atoms with Gasteiger partial charge in [0, 0.05) is 10.0 Å². The van der Waals surface area contributed by atoms with Gasteiger partial charge in [-0.3, -0.25) is 9.59 Å². The van der Waals surface area contributed by atoms with Gasteiger partial charge in [-0.2, -0.15) is 0 Å². The molecule has 1 atom stereocenters. The molecule has 0 radical (unpaired) electrons. The second kappa shape index (κ2) is 10.6. The van der Waals surface area contributed by atoms with Crippen LogP contribution in [0.2, 0.25) is 0 Å². The summed E-state index contributed by atoms with van der Waals surface area (Å²) in [6, 6.07) is 14.4. The van der Waals surface area contributed by atoms with Gasteiger partial charge in [-0.05, 0) is 48.2 Å². The van der Waals surface area contributed by atoms with Gasteiger partial charge in [0.1, 0.15) is 5.70 Å². The minimum Gasteiger partial charge on any atom is -0.548 e. The molecule has 0 aliphatic rings. The molecule has 0 aliphatic carbocycles. The highest BCUT2D eigenvalue weighted by Crippen LogP contribution is 2.14. The van der Waals surface area contributed by atoms with Crippen LogP contribution < -0.4 is 15.7 Å². The topological polar surface area (TPSA) is 98.3 Å². The van der Waals surface area contributed by atoms with E-state index >= 15 is 0 Å². The number of hydrogen-bond acceptors (Lipinski definition) is 4. The van der Waals surface area contributed by atoms with Gasteiger partial charge in [0.15, 0.2) is 0 Å². The first kappa shape index (κ1) is 22.4. The van der Waals surface area contributed by atoms with E-state index < -0.39 is 23.8 Å². The van der Waals surface area contributed by atoms with Gasteiger partial charge in [-0.15, -0.1) is 0 Å². The first-order valence-electron chi connectivity index (χ1n) is 9.11. The Labute approximate surface area is 178 Å². The fraction of sp³-hybridized carbons (Fsp3) is 0.227. The Morgan fingerprint density at radius 3 is 2.21 bits per heavy atom. The highest BCUT2D eigenvalue weighted by atomic mass is 79.9. The molecule has 152 valence electrons. The average Bonchev–Trinajstić information content (AvgIpc) is 2.68. The summed E-state index contributed by atoms with van der Waals surface area (Å²) in [6.07, 6.45) is 1.70. The van der Waals surface area contributed by atoms with E-state index in [0.29, 0.717) is 11.1 Å². The number of halogens is 1. The normalized spacial score (nSPS) is 12.3. The maximum atomic E-state index is 12.8. The highest BCUT2D eigenvalue weighted by molar-refractivity contribution is 9.10. The number of rotatable bonds is 8. The Morgan fingerprint density at radius 1 is 1.03 bits per heavy atom. The van der Waals surface area contributed by atoms with Gasteiger partial charge < -0.3 is 20.5 Å². The SMILES string of the molecule is CC(C)C[C@H](NC(=O)/C(=C/c1ccc(Br)cc1)NC(=O)c1ccccc1)C(=O)[O-]. The Bertz CT molecular complexity index is 893. The van der Waals surface area contributed by atoms with Crippen LogP contribution in [0.4, 0.5) is 0 Å². The number of hydrogen-bond donors (Lipinski definition) is 2. The number of benzene rings is 2. The van der Waals surface area contributed by atoms with E-state index in [1.54, 1.807) is 54.6 Å². The number of carbonyl (C=O) groups is 3. The van der Waals surface area contributed by atoms with Crippen molar-refractivity contribution in [3.63, 3.8) is 0 Å². The van der Waals surface area contributed by atoms with E-state index in [0.717, 1.165) is 4.47 Å². The van der Waals surface area contributed by atoms with E-state index in [-0.39, 0.29) is 18.0 Å². The maximum Gasteiger partial charge on any atom is 0.268 e. The van der Waals surface area contributed by atoms with Crippen LogP contribution in [0.3, 0.4) is 0 Å². The molecule has 2 amide bonds. The van der Waals surface area contributed by atoms with E-state index in [1.165, 1.54) is 6.08 Å². The molecule has 0 unspecified atom stereocenters. The molecule has 29 heavy (non-hydrogen) atoms. The maximum absolute atomic E-state index is 12.8. The molecule has 0 aromatic heterocycles. The van der Waals surface area contributed by atoms with Crippen LogP contribution >= 0.6 is 15.9 Å². The lowest BCUT2D eigenvalue weighted by atomic mass is 10.0. The fourth-order valence-corrected chi connectivity index (χ4v) is 2.85. The summed E-state index contributed by atoms with van der Waals surface area (Å²) in [5.41, 5.74) is 0.984. The van der Waals surface area contributed by atoms with Gasteiger partial charge in [-0.1, -0.05) is 60.1 Å². The lowest BCUT2D eigenvalue weighted by Crippen LogP contribution is -2.50. The minimum absolute atomic E-state index is 0.0380. The van der Waals surface area contributed by atoms with Crippen molar-refractivity contribution >= 4 is 39.8 Å². The van der Waals surface area contributed by atoms with Crippen LogP contribution in [0, 0.1) is 5.92 Å². The van der Waals surface area contributed by atoms with Crippen LogP contribution in [0.25, 0.3) is 6.08 Å². The molecule has 0 bridgehead atoms. The van der Waals surface area contributed by atoms with Crippen molar-refractivity contribution in [3.8, 4) is 0 Å². The Hall–Kier alpha value is -2.93. The summed E-state index contributed by atoms with van der Waals surface area (Å²) >= 11 is 3.34.